The number of rotatable bonds is 5. The van der Waals surface area contributed by atoms with Gasteiger partial charge in [-0.3, -0.25) is 4.98 Å². The molecule has 30 heavy (non-hydrogen) atoms. The van der Waals surface area contributed by atoms with Crippen LogP contribution in [-0.4, -0.2) is 23.3 Å². The van der Waals surface area contributed by atoms with E-state index in [-0.39, 0.29) is 17.8 Å². The second kappa shape index (κ2) is 7.81. The third-order valence-electron chi connectivity index (χ3n) is 7.87. The first-order valence-corrected chi connectivity index (χ1v) is 11.3. The van der Waals surface area contributed by atoms with Gasteiger partial charge in [-0.1, -0.05) is 19.1 Å². The number of ether oxygens (including phenoxy) is 1. The highest BCUT2D eigenvalue weighted by atomic mass is 19.1. The number of aliphatic hydroxyl groups excluding tert-OH is 1. The van der Waals surface area contributed by atoms with Crippen molar-refractivity contribution in [1.29, 1.82) is 0 Å². The van der Waals surface area contributed by atoms with Crippen molar-refractivity contribution in [3.8, 4) is 5.75 Å². The van der Waals surface area contributed by atoms with Crippen LogP contribution in [0.5, 0.6) is 5.75 Å². The second-order valence-electron chi connectivity index (χ2n) is 9.40. The summed E-state index contributed by atoms with van der Waals surface area (Å²) in [6, 6.07) is 8.24. The first-order valence-electron chi connectivity index (χ1n) is 11.3. The van der Waals surface area contributed by atoms with Crippen molar-refractivity contribution >= 4 is 5.57 Å². The van der Waals surface area contributed by atoms with E-state index in [4.69, 9.17) is 9.84 Å². The van der Waals surface area contributed by atoms with Crippen molar-refractivity contribution in [3.05, 3.63) is 65.2 Å². The fourth-order valence-electron chi connectivity index (χ4n) is 6.48. The predicted octanol–water partition coefficient (Wildman–Crippen LogP) is 5.53. The largest absolute Gasteiger partial charge is 0.493 e. The van der Waals surface area contributed by atoms with Gasteiger partial charge in [0.15, 0.2) is 0 Å². The molecule has 0 bridgehead atoms. The van der Waals surface area contributed by atoms with Crippen LogP contribution in [0.3, 0.4) is 0 Å². The van der Waals surface area contributed by atoms with Crippen LogP contribution in [0.4, 0.5) is 4.39 Å². The van der Waals surface area contributed by atoms with Gasteiger partial charge in [0, 0.05) is 19.2 Å². The average Bonchev–Trinajstić information content (AvgIpc) is 3.11. The summed E-state index contributed by atoms with van der Waals surface area (Å²) in [4.78, 5) is 4.10. The molecular formula is C26H30FNO2. The minimum atomic E-state index is -0.252. The lowest BCUT2D eigenvalue weighted by molar-refractivity contribution is 0.0884. The SMILES string of the molecule is C[C@]12CC[C@@H]3c4ccc(OCCCO)cc4CC[C@H]3[C@@H]1CC=C2c1cncc(F)c1. The normalized spacial score (nSPS) is 29.6. The van der Waals surface area contributed by atoms with E-state index in [1.54, 1.807) is 6.07 Å². The standard InChI is InChI=1S/C26H30FNO2/c1-26-10-9-22-21-6-4-20(30-12-2-11-29)14-17(21)3-5-23(22)25(26)8-7-24(26)18-13-19(27)16-28-15-18/h4,6-7,13-16,22-23,25,29H,2-3,5,8-12H2,1H3/t22-,23-,25+,26-/m1/s1. The molecule has 0 radical (unpaired) electrons. The van der Waals surface area contributed by atoms with Gasteiger partial charge < -0.3 is 9.84 Å². The number of aryl methyl sites for hydroxylation is 1. The number of nitrogens with zero attached hydrogens (tertiary/aromatic N) is 1. The van der Waals surface area contributed by atoms with E-state index >= 15 is 0 Å². The van der Waals surface area contributed by atoms with Gasteiger partial charge in [-0.15, -0.1) is 0 Å². The highest BCUT2D eigenvalue weighted by Crippen LogP contribution is 2.63. The van der Waals surface area contributed by atoms with Crippen LogP contribution in [0.1, 0.15) is 61.6 Å². The monoisotopic (exact) mass is 407 g/mol. The zero-order valence-corrected chi connectivity index (χ0v) is 17.6. The molecule has 4 heteroatoms. The summed E-state index contributed by atoms with van der Waals surface area (Å²) in [7, 11) is 0. The fraction of sp³-hybridized carbons (Fsp3) is 0.500. The number of aliphatic hydroxyl groups is 1. The summed E-state index contributed by atoms with van der Waals surface area (Å²) in [5, 5.41) is 8.96. The zero-order valence-electron chi connectivity index (χ0n) is 17.6. The van der Waals surface area contributed by atoms with Crippen LogP contribution < -0.4 is 4.74 Å². The molecule has 158 valence electrons. The Morgan fingerprint density at radius 1 is 1.23 bits per heavy atom. The number of aromatic nitrogens is 1. The van der Waals surface area contributed by atoms with E-state index in [1.165, 1.54) is 35.7 Å². The van der Waals surface area contributed by atoms with Gasteiger partial charge in [0.2, 0.25) is 0 Å². The number of pyridine rings is 1. The second-order valence-corrected chi connectivity index (χ2v) is 9.40. The van der Waals surface area contributed by atoms with E-state index in [9.17, 15) is 4.39 Å². The molecule has 0 amide bonds. The van der Waals surface area contributed by atoms with Gasteiger partial charge in [-0.05, 0) is 95.7 Å². The fourth-order valence-corrected chi connectivity index (χ4v) is 6.48. The molecule has 5 rings (SSSR count). The Morgan fingerprint density at radius 3 is 2.97 bits per heavy atom. The summed E-state index contributed by atoms with van der Waals surface area (Å²) in [5.41, 5.74) is 5.31. The molecule has 4 atom stereocenters. The van der Waals surface area contributed by atoms with Gasteiger partial charge in [-0.2, -0.15) is 0 Å². The van der Waals surface area contributed by atoms with Crippen molar-refractivity contribution < 1.29 is 14.2 Å². The molecule has 3 aliphatic carbocycles. The van der Waals surface area contributed by atoms with Gasteiger partial charge >= 0.3 is 0 Å². The Balaban J connectivity index is 1.38. The molecule has 1 heterocycles. The van der Waals surface area contributed by atoms with Crippen LogP contribution in [0.2, 0.25) is 0 Å². The highest BCUT2D eigenvalue weighted by molar-refractivity contribution is 5.72. The van der Waals surface area contributed by atoms with E-state index in [2.05, 4.69) is 36.2 Å². The minimum absolute atomic E-state index is 0.113. The van der Waals surface area contributed by atoms with E-state index in [0.717, 1.165) is 30.6 Å². The molecule has 0 saturated heterocycles. The molecule has 2 aromatic rings. The number of fused-ring (bicyclic) bond motifs is 5. The molecule has 3 aliphatic rings. The van der Waals surface area contributed by atoms with Gasteiger partial charge in [0.25, 0.3) is 0 Å². The predicted molar refractivity (Wildman–Crippen MR) is 116 cm³/mol. The van der Waals surface area contributed by atoms with E-state index in [0.29, 0.717) is 30.8 Å². The van der Waals surface area contributed by atoms with E-state index < -0.39 is 0 Å². The summed E-state index contributed by atoms with van der Waals surface area (Å²) >= 11 is 0. The number of hydrogen-bond donors (Lipinski definition) is 1. The average molecular weight is 408 g/mol. The molecule has 0 unspecified atom stereocenters. The van der Waals surface area contributed by atoms with Crippen molar-refractivity contribution in [2.24, 2.45) is 17.3 Å². The molecule has 1 saturated carbocycles. The Hall–Kier alpha value is -2.20. The summed E-state index contributed by atoms with van der Waals surface area (Å²) in [5.74, 6) is 2.56. The van der Waals surface area contributed by atoms with Gasteiger partial charge in [-0.25, -0.2) is 4.39 Å². The minimum Gasteiger partial charge on any atom is -0.493 e. The molecule has 0 aliphatic heterocycles. The number of hydrogen-bond acceptors (Lipinski definition) is 3. The molecule has 1 N–H and O–H groups in total. The smallest absolute Gasteiger partial charge is 0.142 e. The van der Waals surface area contributed by atoms with Crippen molar-refractivity contribution in [1.82, 2.24) is 4.98 Å². The molecule has 1 aromatic carbocycles. The van der Waals surface area contributed by atoms with Crippen LogP contribution in [0, 0.1) is 23.1 Å². The molecular weight excluding hydrogens is 377 g/mol. The van der Waals surface area contributed by atoms with Crippen molar-refractivity contribution in [2.45, 2.75) is 51.4 Å². The van der Waals surface area contributed by atoms with Gasteiger partial charge in [0.1, 0.15) is 11.6 Å². The first-order chi connectivity index (χ1) is 14.6. The Labute approximate surface area is 178 Å². The maximum absolute atomic E-state index is 13.8. The lowest BCUT2D eigenvalue weighted by Crippen LogP contribution is -2.40. The zero-order chi connectivity index (χ0) is 20.7. The Kier molecular flexibility index (Phi) is 5.14. The van der Waals surface area contributed by atoms with Gasteiger partial charge in [0.05, 0.1) is 12.8 Å². The van der Waals surface area contributed by atoms with Crippen molar-refractivity contribution in [3.63, 3.8) is 0 Å². The highest BCUT2D eigenvalue weighted by Gasteiger charge is 2.51. The maximum Gasteiger partial charge on any atom is 0.142 e. The summed E-state index contributed by atoms with van der Waals surface area (Å²) in [6.45, 7) is 3.12. The molecule has 0 spiro atoms. The molecule has 1 fully saturated rings. The lowest BCUT2D eigenvalue weighted by atomic mass is 9.54. The summed E-state index contributed by atoms with van der Waals surface area (Å²) in [6.07, 6.45) is 11.8. The lowest BCUT2D eigenvalue weighted by Gasteiger charge is -2.50. The van der Waals surface area contributed by atoms with Crippen LogP contribution in [0.15, 0.2) is 42.7 Å². The van der Waals surface area contributed by atoms with Crippen LogP contribution in [0.25, 0.3) is 5.57 Å². The first kappa shape index (κ1) is 19.7. The number of benzene rings is 1. The topological polar surface area (TPSA) is 42.4 Å². The molecule has 3 nitrogen and oxygen atoms in total. The third-order valence-corrected chi connectivity index (χ3v) is 7.87. The molecule has 1 aromatic heterocycles. The van der Waals surface area contributed by atoms with E-state index in [1.807, 2.05) is 6.20 Å². The number of halogens is 1. The summed E-state index contributed by atoms with van der Waals surface area (Å²) < 4.78 is 19.6. The van der Waals surface area contributed by atoms with Crippen molar-refractivity contribution in [2.75, 3.05) is 13.2 Å². The third kappa shape index (κ3) is 3.26. The Bertz CT molecular complexity index is 971. The quantitative estimate of drug-likeness (QED) is 0.663. The maximum atomic E-state index is 13.8. The van der Waals surface area contributed by atoms with Crippen LogP contribution >= 0.6 is 0 Å². The van der Waals surface area contributed by atoms with Crippen LogP contribution in [-0.2, 0) is 6.42 Å². The number of allylic oxidation sites excluding steroid dienone is 2. The Morgan fingerprint density at radius 2 is 2.13 bits per heavy atom.